The van der Waals surface area contributed by atoms with Gasteiger partial charge < -0.3 is 5.73 Å². The van der Waals surface area contributed by atoms with Gasteiger partial charge in [0.25, 0.3) is 0 Å². The number of sulfone groups is 1. The van der Waals surface area contributed by atoms with Crippen LogP contribution in [0.15, 0.2) is 0 Å². The van der Waals surface area contributed by atoms with E-state index in [0.717, 1.165) is 36.5 Å². The molecule has 19 heavy (non-hydrogen) atoms. The van der Waals surface area contributed by atoms with Crippen molar-refractivity contribution in [1.29, 1.82) is 0 Å². The highest BCUT2D eigenvalue weighted by Crippen LogP contribution is 2.57. The second kappa shape index (κ2) is 5.03. The molecule has 4 aliphatic carbocycles. The summed E-state index contributed by atoms with van der Waals surface area (Å²) in [6, 6.07) is 0.233. The summed E-state index contributed by atoms with van der Waals surface area (Å²) in [4.78, 5) is 0. The molecular weight excluding hydrogens is 258 g/mol. The van der Waals surface area contributed by atoms with Gasteiger partial charge in [-0.3, -0.25) is 0 Å². The maximum absolute atomic E-state index is 11.2. The fraction of sp³-hybridized carbons (Fsp3) is 1.00. The molecule has 0 heterocycles. The van der Waals surface area contributed by atoms with Crippen molar-refractivity contribution in [3.63, 3.8) is 0 Å². The molecule has 0 radical (unpaired) electrons. The molecule has 4 fully saturated rings. The van der Waals surface area contributed by atoms with E-state index < -0.39 is 9.84 Å². The van der Waals surface area contributed by atoms with Crippen molar-refractivity contribution in [3.8, 4) is 0 Å². The van der Waals surface area contributed by atoms with Gasteiger partial charge in [0.05, 0.1) is 0 Å². The van der Waals surface area contributed by atoms with Crippen molar-refractivity contribution in [2.75, 3.05) is 12.0 Å². The molecule has 0 aromatic heterocycles. The Bertz CT molecular complexity index is 403. The number of nitrogens with two attached hydrogens (primary N) is 1. The van der Waals surface area contributed by atoms with Crippen LogP contribution in [-0.2, 0) is 9.84 Å². The topological polar surface area (TPSA) is 60.2 Å². The Hall–Kier alpha value is -0.0900. The Balaban J connectivity index is 1.57. The zero-order valence-corrected chi connectivity index (χ0v) is 12.7. The van der Waals surface area contributed by atoms with Crippen LogP contribution in [0, 0.1) is 29.6 Å². The van der Waals surface area contributed by atoms with Gasteiger partial charge in [0.2, 0.25) is 0 Å². The minimum Gasteiger partial charge on any atom is -0.327 e. The van der Waals surface area contributed by atoms with Crippen molar-refractivity contribution >= 4 is 9.84 Å². The predicted molar refractivity (Wildman–Crippen MR) is 77.5 cm³/mol. The van der Waals surface area contributed by atoms with Gasteiger partial charge in [-0.05, 0) is 74.5 Å². The monoisotopic (exact) mass is 285 g/mol. The highest BCUT2D eigenvalue weighted by atomic mass is 32.2. The van der Waals surface area contributed by atoms with Gasteiger partial charge in [0.15, 0.2) is 0 Å². The lowest BCUT2D eigenvalue weighted by atomic mass is 9.50. The first-order chi connectivity index (χ1) is 8.92. The highest BCUT2D eigenvalue weighted by Gasteiger charge is 2.49. The Kier molecular flexibility index (Phi) is 3.67. The van der Waals surface area contributed by atoms with Gasteiger partial charge in [0, 0.05) is 18.1 Å². The van der Waals surface area contributed by atoms with Crippen LogP contribution < -0.4 is 5.73 Å². The van der Waals surface area contributed by atoms with Gasteiger partial charge in [-0.2, -0.15) is 0 Å². The number of hydrogen-bond acceptors (Lipinski definition) is 3. The Morgan fingerprint density at radius 3 is 2.05 bits per heavy atom. The average molecular weight is 285 g/mol. The Labute approximate surface area is 117 Å². The van der Waals surface area contributed by atoms with Gasteiger partial charge in [-0.1, -0.05) is 0 Å². The Morgan fingerprint density at radius 2 is 1.58 bits per heavy atom. The van der Waals surface area contributed by atoms with E-state index in [1.807, 2.05) is 0 Å². The molecule has 0 aromatic carbocycles. The maximum Gasteiger partial charge on any atom is 0.147 e. The standard InChI is InChI=1S/C15H27NO2S/c1-19(17,18)4-2-3-14(16)15-12-6-10-5-11(8-12)9-13(15)7-10/h10-15H,2-9,16H2,1H3. The third-order valence-electron chi connectivity index (χ3n) is 5.85. The zero-order chi connectivity index (χ0) is 13.6. The molecule has 0 spiro atoms. The highest BCUT2D eigenvalue weighted by molar-refractivity contribution is 7.90. The van der Waals surface area contributed by atoms with E-state index in [4.69, 9.17) is 5.73 Å². The molecule has 4 aliphatic rings. The quantitative estimate of drug-likeness (QED) is 0.842. The van der Waals surface area contributed by atoms with Crippen molar-refractivity contribution in [2.45, 2.75) is 51.0 Å². The van der Waals surface area contributed by atoms with Crippen molar-refractivity contribution in [3.05, 3.63) is 0 Å². The first-order valence-corrected chi connectivity index (χ1v) is 9.91. The summed E-state index contributed by atoms with van der Waals surface area (Å²) in [6.45, 7) is 0. The fourth-order valence-corrected chi connectivity index (χ4v) is 6.13. The molecule has 4 saturated carbocycles. The average Bonchev–Trinajstić information content (AvgIpc) is 2.25. The van der Waals surface area contributed by atoms with E-state index in [2.05, 4.69) is 0 Å². The predicted octanol–water partition coefficient (Wildman–Crippen LogP) is 2.21. The van der Waals surface area contributed by atoms with Gasteiger partial charge >= 0.3 is 0 Å². The molecule has 110 valence electrons. The van der Waals surface area contributed by atoms with E-state index in [1.54, 1.807) is 0 Å². The van der Waals surface area contributed by atoms with E-state index >= 15 is 0 Å². The molecule has 1 unspecified atom stereocenters. The summed E-state index contributed by atoms with van der Waals surface area (Å²) >= 11 is 0. The van der Waals surface area contributed by atoms with E-state index in [-0.39, 0.29) is 6.04 Å². The normalized spacial score (nSPS) is 42.5. The molecule has 3 nitrogen and oxygen atoms in total. The largest absolute Gasteiger partial charge is 0.327 e. The lowest BCUT2D eigenvalue weighted by Crippen LogP contribution is -2.51. The van der Waals surface area contributed by atoms with Gasteiger partial charge in [-0.15, -0.1) is 0 Å². The molecule has 0 amide bonds. The van der Waals surface area contributed by atoms with Crippen LogP contribution in [0.5, 0.6) is 0 Å². The van der Waals surface area contributed by atoms with Crippen LogP contribution >= 0.6 is 0 Å². The van der Waals surface area contributed by atoms with E-state index in [1.165, 1.54) is 38.4 Å². The Morgan fingerprint density at radius 1 is 1.05 bits per heavy atom. The summed E-state index contributed by atoms with van der Waals surface area (Å²) in [5, 5.41) is 0. The minimum atomic E-state index is -2.83. The molecule has 1 atom stereocenters. The van der Waals surface area contributed by atoms with Crippen LogP contribution in [0.3, 0.4) is 0 Å². The first kappa shape index (κ1) is 13.9. The van der Waals surface area contributed by atoms with Crippen molar-refractivity contribution < 1.29 is 8.42 Å². The second-order valence-corrected chi connectivity index (χ2v) is 9.70. The second-order valence-electron chi connectivity index (χ2n) is 7.44. The summed E-state index contributed by atoms with van der Waals surface area (Å²) in [7, 11) is -2.83. The molecule has 0 saturated heterocycles. The number of rotatable bonds is 5. The molecule has 0 aliphatic heterocycles. The molecule has 2 N–H and O–H groups in total. The van der Waals surface area contributed by atoms with Crippen LogP contribution in [-0.4, -0.2) is 26.5 Å². The van der Waals surface area contributed by atoms with Gasteiger partial charge in [-0.25, -0.2) is 8.42 Å². The first-order valence-electron chi connectivity index (χ1n) is 7.85. The van der Waals surface area contributed by atoms with Crippen LogP contribution in [0.4, 0.5) is 0 Å². The number of hydrogen-bond donors (Lipinski definition) is 1. The zero-order valence-electron chi connectivity index (χ0n) is 11.9. The maximum atomic E-state index is 11.2. The lowest BCUT2D eigenvalue weighted by molar-refractivity contribution is -0.0475. The third kappa shape index (κ3) is 2.99. The summed E-state index contributed by atoms with van der Waals surface area (Å²) in [5.74, 6) is 4.67. The lowest BCUT2D eigenvalue weighted by Gasteiger charge is -2.56. The van der Waals surface area contributed by atoms with E-state index in [0.29, 0.717) is 11.7 Å². The molecule has 4 heteroatoms. The fourth-order valence-electron chi connectivity index (χ4n) is 5.44. The summed E-state index contributed by atoms with van der Waals surface area (Å²) in [6.07, 6.45) is 10.0. The van der Waals surface area contributed by atoms with Crippen LogP contribution in [0.25, 0.3) is 0 Å². The van der Waals surface area contributed by atoms with Crippen LogP contribution in [0.1, 0.15) is 44.9 Å². The SMILES string of the molecule is CS(=O)(=O)CCCC(N)C1C2CC3CC(C2)CC1C3. The third-order valence-corrected chi connectivity index (χ3v) is 6.88. The molecule has 0 aromatic rings. The summed E-state index contributed by atoms with van der Waals surface area (Å²) < 4.78 is 22.4. The smallest absolute Gasteiger partial charge is 0.147 e. The van der Waals surface area contributed by atoms with Crippen molar-refractivity contribution in [1.82, 2.24) is 0 Å². The van der Waals surface area contributed by atoms with Gasteiger partial charge in [0.1, 0.15) is 9.84 Å². The van der Waals surface area contributed by atoms with Crippen LogP contribution in [0.2, 0.25) is 0 Å². The van der Waals surface area contributed by atoms with E-state index in [9.17, 15) is 8.42 Å². The molecule has 4 bridgehead atoms. The molecule has 4 rings (SSSR count). The summed E-state index contributed by atoms with van der Waals surface area (Å²) in [5.41, 5.74) is 6.43. The van der Waals surface area contributed by atoms with Crippen molar-refractivity contribution in [2.24, 2.45) is 35.3 Å². The molecular formula is C15H27NO2S. The minimum absolute atomic E-state index is 0.233.